The van der Waals surface area contributed by atoms with Crippen molar-refractivity contribution in [2.24, 2.45) is 0 Å². The topological polar surface area (TPSA) is 9.23 Å². The number of hydrogen-bond acceptors (Lipinski definition) is 1. The Kier molecular flexibility index (Phi) is 9.66. The van der Waals surface area contributed by atoms with Gasteiger partial charge >= 0.3 is 0 Å². The minimum absolute atomic E-state index is 0. The van der Waals surface area contributed by atoms with Crippen LogP contribution in [0.4, 0.5) is 0 Å². The van der Waals surface area contributed by atoms with Gasteiger partial charge in [-0.3, -0.25) is 0 Å². The van der Waals surface area contributed by atoms with Gasteiger partial charge in [-0.1, -0.05) is 11.8 Å². The minimum atomic E-state index is -0.184. The predicted octanol–water partition coefficient (Wildman–Crippen LogP) is 1.05. The van der Waals surface area contributed by atoms with Crippen LogP contribution in [0.25, 0.3) is 0 Å². The van der Waals surface area contributed by atoms with Crippen LogP contribution in [0.2, 0.25) is 0 Å². The first-order valence-corrected chi connectivity index (χ1v) is 2.78. The van der Waals surface area contributed by atoms with E-state index in [4.69, 9.17) is 17.6 Å². The van der Waals surface area contributed by atoms with Gasteiger partial charge in [-0.05, 0) is 13.8 Å². The third-order valence-electron chi connectivity index (χ3n) is 0.878. The molecule has 2 atom stereocenters. The van der Waals surface area contributed by atoms with Gasteiger partial charge in [0.05, 0.1) is 0 Å². The van der Waals surface area contributed by atoms with Gasteiger partial charge in [0.25, 0.3) is 0 Å². The molecule has 0 amide bonds. The molecule has 0 aliphatic rings. The molecule has 0 aliphatic heterocycles. The molecule has 1 nitrogen and oxygen atoms in total. The summed E-state index contributed by atoms with van der Waals surface area (Å²) in [4.78, 5) is 0. The summed E-state index contributed by atoms with van der Waals surface area (Å²) in [6, 6.07) is 0. The summed E-state index contributed by atoms with van der Waals surface area (Å²) in [5.74, 6) is 4.82. The van der Waals surface area contributed by atoms with Gasteiger partial charge in [0, 0.05) is 37.7 Å². The quantitative estimate of drug-likeness (QED) is 0.551. The predicted molar refractivity (Wildman–Crippen MR) is 37.7 cm³/mol. The molecule has 10 heavy (non-hydrogen) atoms. The molecule has 0 aliphatic carbocycles. The number of ether oxygens (including phenoxy) is 1. The summed E-state index contributed by atoms with van der Waals surface area (Å²) in [6.07, 6.45) is 9.69. The van der Waals surface area contributed by atoms with Crippen molar-refractivity contribution in [1.82, 2.24) is 0 Å². The average molecular weight is 162 g/mol. The Morgan fingerprint density at radius 1 is 1.10 bits per heavy atom. The summed E-state index contributed by atoms with van der Waals surface area (Å²) in [5, 5.41) is 0. The van der Waals surface area contributed by atoms with E-state index in [0.717, 1.165) is 0 Å². The van der Waals surface area contributed by atoms with Gasteiger partial charge < -0.3 is 4.74 Å². The molecule has 2 heteroatoms. The molecule has 0 rings (SSSR count). The molecule has 0 saturated carbocycles. The van der Waals surface area contributed by atoms with Crippen molar-refractivity contribution >= 4 is 0 Å². The Hall–Kier alpha value is 0.340. The van der Waals surface area contributed by atoms with Crippen molar-refractivity contribution in [3.8, 4) is 24.7 Å². The molecular formula is C8H10ArO. The van der Waals surface area contributed by atoms with Crippen LogP contribution in [0.5, 0.6) is 0 Å². The molecule has 0 aromatic heterocycles. The van der Waals surface area contributed by atoms with Crippen molar-refractivity contribution in [1.29, 1.82) is 0 Å². The maximum Gasteiger partial charge on any atom is 0.116 e. The second-order valence-corrected chi connectivity index (χ2v) is 1.75. The van der Waals surface area contributed by atoms with E-state index in [9.17, 15) is 0 Å². The Bertz CT molecular complexity index is 134. The fourth-order valence-corrected chi connectivity index (χ4v) is 0.385. The molecule has 0 heterocycles. The number of rotatable bonds is 2. The van der Waals surface area contributed by atoms with Crippen molar-refractivity contribution < 1.29 is 42.5 Å². The van der Waals surface area contributed by atoms with E-state index in [-0.39, 0.29) is 49.9 Å². The zero-order valence-corrected chi connectivity index (χ0v) is 6.78. The first kappa shape index (κ1) is 13.0. The molecule has 56 valence electrons. The minimum Gasteiger partial charge on any atom is -0.350 e. The van der Waals surface area contributed by atoms with Crippen LogP contribution in [0.3, 0.4) is 0 Å². The Balaban J connectivity index is 0. The second-order valence-electron chi connectivity index (χ2n) is 1.75. The zero-order valence-electron chi connectivity index (χ0n) is 6.07. The molecule has 0 fully saturated rings. The van der Waals surface area contributed by atoms with E-state index in [0.29, 0.717) is 0 Å². The molecule has 0 saturated heterocycles. The standard InChI is InChI=1S/C8H10O.Ar/c1-5-7(3)9-8(4)6-2;/h1-2,7-8H,3-4H3;. The van der Waals surface area contributed by atoms with Gasteiger partial charge in [-0.25, -0.2) is 0 Å². The fraction of sp³-hybridized carbons (Fsp3) is 0.500. The maximum atomic E-state index is 5.08. The molecule has 0 aromatic carbocycles. The van der Waals surface area contributed by atoms with Crippen LogP contribution < -0.4 is 0 Å². The molecular weight excluding hydrogens is 152 g/mol. The van der Waals surface area contributed by atoms with Crippen LogP contribution >= 0.6 is 0 Å². The third kappa shape index (κ3) is 6.46. The van der Waals surface area contributed by atoms with E-state index in [2.05, 4.69) is 11.8 Å². The molecule has 2 unspecified atom stereocenters. The molecule has 0 bridgehead atoms. The molecule has 0 aromatic rings. The van der Waals surface area contributed by atoms with Crippen LogP contribution in [0.1, 0.15) is 13.8 Å². The number of hydrogen-bond donors (Lipinski definition) is 0. The zero-order chi connectivity index (χ0) is 7.28. The summed E-state index contributed by atoms with van der Waals surface area (Å²) in [7, 11) is 0. The molecule has 0 spiro atoms. The van der Waals surface area contributed by atoms with Gasteiger partial charge in [0.1, 0.15) is 12.2 Å². The van der Waals surface area contributed by atoms with Gasteiger partial charge in [-0.2, -0.15) is 0 Å². The van der Waals surface area contributed by atoms with Crippen molar-refractivity contribution in [3.05, 3.63) is 0 Å². The van der Waals surface area contributed by atoms with Gasteiger partial charge in [0.15, 0.2) is 0 Å². The normalized spacial score (nSPS) is 13.6. The largest absolute Gasteiger partial charge is 0.350 e. The fourth-order valence-electron chi connectivity index (χ4n) is 0.385. The average Bonchev–Trinajstić information content (AvgIpc) is 1.87. The van der Waals surface area contributed by atoms with Crippen molar-refractivity contribution in [2.75, 3.05) is 0 Å². The van der Waals surface area contributed by atoms with Gasteiger partial charge in [0.2, 0.25) is 0 Å². The van der Waals surface area contributed by atoms with Crippen molar-refractivity contribution in [2.45, 2.75) is 26.1 Å². The third-order valence-corrected chi connectivity index (χ3v) is 0.878. The van der Waals surface area contributed by atoms with E-state index < -0.39 is 0 Å². The smallest absolute Gasteiger partial charge is 0.116 e. The van der Waals surface area contributed by atoms with E-state index in [1.54, 1.807) is 13.8 Å². The SMILES string of the molecule is C#CC(C)OC(C)C#C.[Ar]. The Morgan fingerprint density at radius 3 is 1.60 bits per heavy atom. The first-order chi connectivity index (χ1) is 4.20. The summed E-state index contributed by atoms with van der Waals surface area (Å²) < 4.78 is 5.08. The molecule has 0 radical (unpaired) electrons. The number of terminal acetylenes is 2. The van der Waals surface area contributed by atoms with Crippen LogP contribution in [0.15, 0.2) is 0 Å². The molecule has 0 N–H and O–H groups in total. The first-order valence-electron chi connectivity index (χ1n) is 2.78. The van der Waals surface area contributed by atoms with Crippen LogP contribution in [-0.4, -0.2) is 12.2 Å². The second kappa shape index (κ2) is 7.45. The summed E-state index contributed by atoms with van der Waals surface area (Å²) in [6.45, 7) is 3.57. The Labute approximate surface area is 92.5 Å². The summed E-state index contributed by atoms with van der Waals surface area (Å²) in [5.41, 5.74) is 0. The van der Waals surface area contributed by atoms with Crippen LogP contribution in [-0.2, 0) is 4.74 Å². The van der Waals surface area contributed by atoms with E-state index in [1.165, 1.54) is 0 Å². The summed E-state index contributed by atoms with van der Waals surface area (Å²) >= 11 is 0. The monoisotopic (exact) mass is 162 g/mol. The van der Waals surface area contributed by atoms with Crippen LogP contribution in [0, 0.1) is 62.4 Å². The van der Waals surface area contributed by atoms with Gasteiger partial charge in [-0.15, -0.1) is 12.8 Å². The maximum absolute atomic E-state index is 5.08. The Morgan fingerprint density at radius 2 is 1.40 bits per heavy atom. The van der Waals surface area contributed by atoms with Crippen molar-refractivity contribution in [3.63, 3.8) is 0 Å². The van der Waals surface area contributed by atoms with E-state index in [1.807, 2.05) is 0 Å². The van der Waals surface area contributed by atoms with E-state index >= 15 is 0 Å².